The summed E-state index contributed by atoms with van der Waals surface area (Å²) in [5, 5.41) is 0.956. The molecule has 0 N–H and O–H groups in total. The number of hydrogen-bond donors (Lipinski definition) is 0. The summed E-state index contributed by atoms with van der Waals surface area (Å²) in [5.41, 5.74) is 2.75. The molecule has 1 aromatic heterocycles. The van der Waals surface area contributed by atoms with Crippen molar-refractivity contribution in [3.8, 4) is 23.0 Å². The molecule has 0 aliphatic carbocycles. The Morgan fingerprint density at radius 3 is 2.62 bits per heavy atom. The first-order valence-electron chi connectivity index (χ1n) is 10.7. The lowest BCUT2D eigenvalue weighted by atomic mass is 9.85. The standard InChI is InChI=1S/C24H22N2O6/c1-28-15-2-3-19-14(8-15)9-18(24(25-19)26-4-6-29-7-5-26)16-11-23(27)32-20-12-22-21(10-17(16)20)30-13-31-22/h2-3,8-10,12,16H,4-7,11,13H2,1H3/t16-/m0/s1. The number of fused-ring (bicyclic) bond motifs is 3. The summed E-state index contributed by atoms with van der Waals surface area (Å²) in [7, 11) is 1.65. The number of benzene rings is 2. The number of esters is 1. The summed E-state index contributed by atoms with van der Waals surface area (Å²) >= 11 is 0. The van der Waals surface area contributed by atoms with E-state index >= 15 is 0 Å². The van der Waals surface area contributed by atoms with Gasteiger partial charge in [-0.05, 0) is 30.3 Å². The van der Waals surface area contributed by atoms with Gasteiger partial charge in [-0.25, -0.2) is 4.98 Å². The van der Waals surface area contributed by atoms with Crippen molar-refractivity contribution in [3.05, 3.63) is 47.5 Å². The van der Waals surface area contributed by atoms with E-state index in [4.69, 9.17) is 28.7 Å². The first-order valence-corrected chi connectivity index (χ1v) is 10.7. The molecular formula is C24H22N2O6. The van der Waals surface area contributed by atoms with E-state index in [9.17, 15) is 4.79 Å². The van der Waals surface area contributed by atoms with Gasteiger partial charge in [-0.15, -0.1) is 0 Å². The van der Waals surface area contributed by atoms with Gasteiger partial charge in [-0.2, -0.15) is 0 Å². The van der Waals surface area contributed by atoms with Crippen LogP contribution in [-0.2, 0) is 9.53 Å². The van der Waals surface area contributed by atoms with Crippen LogP contribution in [0.2, 0.25) is 0 Å². The quantitative estimate of drug-likeness (QED) is 0.459. The lowest BCUT2D eigenvalue weighted by Gasteiger charge is -2.33. The normalized spacial score (nSPS) is 19.6. The van der Waals surface area contributed by atoms with E-state index in [1.807, 2.05) is 24.3 Å². The molecule has 6 rings (SSSR count). The molecule has 1 saturated heterocycles. The van der Waals surface area contributed by atoms with Gasteiger partial charge in [0.25, 0.3) is 0 Å². The predicted molar refractivity (Wildman–Crippen MR) is 116 cm³/mol. The molecule has 0 bridgehead atoms. The molecule has 0 unspecified atom stereocenters. The van der Waals surface area contributed by atoms with E-state index in [1.165, 1.54) is 0 Å². The minimum absolute atomic E-state index is 0.160. The van der Waals surface area contributed by atoms with Crippen molar-refractivity contribution in [1.29, 1.82) is 0 Å². The number of nitrogens with zero attached hydrogens (tertiary/aromatic N) is 2. The van der Waals surface area contributed by atoms with Crippen molar-refractivity contribution in [3.63, 3.8) is 0 Å². The van der Waals surface area contributed by atoms with Gasteiger partial charge in [0.15, 0.2) is 11.5 Å². The Hall–Kier alpha value is -3.52. The summed E-state index contributed by atoms with van der Waals surface area (Å²) in [6.07, 6.45) is 0.223. The number of rotatable bonds is 3. The predicted octanol–water partition coefficient (Wildman–Crippen LogP) is 3.25. The Morgan fingerprint density at radius 1 is 1.00 bits per heavy atom. The average molecular weight is 434 g/mol. The molecule has 3 aromatic rings. The maximum Gasteiger partial charge on any atom is 0.312 e. The smallest absolute Gasteiger partial charge is 0.312 e. The van der Waals surface area contributed by atoms with E-state index in [-0.39, 0.29) is 25.1 Å². The summed E-state index contributed by atoms with van der Waals surface area (Å²) in [6, 6.07) is 11.6. The maximum atomic E-state index is 12.6. The Bertz CT molecular complexity index is 1220. The highest BCUT2D eigenvalue weighted by molar-refractivity contribution is 5.85. The summed E-state index contributed by atoms with van der Waals surface area (Å²) in [4.78, 5) is 19.9. The number of aromatic nitrogens is 1. The first kappa shape index (κ1) is 19.2. The van der Waals surface area contributed by atoms with Crippen molar-refractivity contribution < 1.29 is 28.5 Å². The van der Waals surface area contributed by atoms with E-state index in [0.29, 0.717) is 30.5 Å². The van der Waals surface area contributed by atoms with Crippen LogP contribution in [0.25, 0.3) is 10.9 Å². The van der Waals surface area contributed by atoms with Crippen LogP contribution in [-0.4, -0.2) is 51.2 Å². The molecule has 3 aliphatic heterocycles. The minimum atomic E-state index is -0.278. The zero-order valence-electron chi connectivity index (χ0n) is 17.6. The van der Waals surface area contributed by atoms with Crippen molar-refractivity contribution in [2.75, 3.05) is 45.1 Å². The molecule has 0 spiro atoms. The van der Waals surface area contributed by atoms with Crippen molar-refractivity contribution in [1.82, 2.24) is 4.98 Å². The topological polar surface area (TPSA) is 79.4 Å². The van der Waals surface area contributed by atoms with Gasteiger partial charge < -0.3 is 28.6 Å². The third kappa shape index (κ3) is 3.18. The molecule has 32 heavy (non-hydrogen) atoms. The third-order valence-electron chi connectivity index (χ3n) is 6.19. The third-order valence-corrected chi connectivity index (χ3v) is 6.19. The molecule has 4 heterocycles. The SMILES string of the molecule is COc1ccc2nc(N3CCOCC3)c([C@H]3CC(=O)Oc4cc5c(cc43)OCO5)cc2c1. The van der Waals surface area contributed by atoms with Gasteiger partial charge in [0.05, 0.1) is 32.3 Å². The summed E-state index contributed by atoms with van der Waals surface area (Å²) < 4.78 is 27.6. The monoisotopic (exact) mass is 434 g/mol. The minimum Gasteiger partial charge on any atom is -0.497 e. The highest BCUT2D eigenvalue weighted by Crippen LogP contribution is 2.48. The van der Waals surface area contributed by atoms with Crippen LogP contribution in [0.15, 0.2) is 36.4 Å². The molecule has 0 amide bonds. The van der Waals surface area contributed by atoms with Gasteiger partial charge in [0.2, 0.25) is 6.79 Å². The molecule has 2 aromatic carbocycles. The summed E-state index contributed by atoms with van der Waals surface area (Å²) in [5.74, 6) is 2.89. The lowest BCUT2D eigenvalue weighted by molar-refractivity contribution is -0.135. The fourth-order valence-electron chi connectivity index (χ4n) is 4.59. The number of pyridine rings is 1. The number of ether oxygens (including phenoxy) is 5. The zero-order valence-corrected chi connectivity index (χ0v) is 17.6. The Morgan fingerprint density at radius 2 is 1.81 bits per heavy atom. The molecule has 8 heteroatoms. The zero-order chi connectivity index (χ0) is 21.7. The molecule has 0 saturated carbocycles. The molecule has 164 valence electrons. The number of carbonyl (C=O) groups is 1. The Kier molecular flexibility index (Phi) is 4.53. The van der Waals surface area contributed by atoms with Gasteiger partial charge in [-0.3, -0.25) is 4.79 Å². The van der Waals surface area contributed by atoms with E-state index in [2.05, 4.69) is 11.0 Å². The molecule has 1 atom stereocenters. The van der Waals surface area contributed by atoms with E-state index in [0.717, 1.165) is 46.7 Å². The fourth-order valence-corrected chi connectivity index (χ4v) is 4.59. The average Bonchev–Trinajstić information content (AvgIpc) is 3.29. The van der Waals surface area contributed by atoms with Crippen LogP contribution in [0.1, 0.15) is 23.5 Å². The van der Waals surface area contributed by atoms with Crippen LogP contribution in [0.4, 0.5) is 5.82 Å². The van der Waals surface area contributed by atoms with Crippen LogP contribution < -0.4 is 23.8 Å². The number of anilines is 1. The number of hydrogen-bond acceptors (Lipinski definition) is 8. The molecule has 8 nitrogen and oxygen atoms in total. The fraction of sp³-hybridized carbons (Fsp3) is 0.333. The van der Waals surface area contributed by atoms with E-state index < -0.39 is 0 Å². The van der Waals surface area contributed by atoms with Crippen LogP contribution >= 0.6 is 0 Å². The van der Waals surface area contributed by atoms with Crippen LogP contribution in [0, 0.1) is 0 Å². The highest BCUT2D eigenvalue weighted by atomic mass is 16.7. The van der Waals surface area contributed by atoms with Crippen LogP contribution in [0.5, 0.6) is 23.0 Å². The van der Waals surface area contributed by atoms with Crippen molar-refractivity contribution in [2.24, 2.45) is 0 Å². The first-order chi connectivity index (χ1) is 15.7. The van der Waals surface area contributed by atoms with Gasteiger partial charge in [0.1, 0.15) is 17.3 Å². The summed E-state index contributed by atoms with van der Waals surface area (Å²) in [6.45, 7) is 2.93. The number of methoxy groups -OCH3 is 1. The Labute approximate surface area is 184 Å². The van der Waals surface area contributed by atoms with Gasteiger partial charge >= 0.3 is 5.97 Å². The number of carbonyl (C=O) groups excluding carboxylic acids is 1. The molecule has 3 aliphatic rings. The second kappa shape index (κ2) is 7.56. The molecule has 1 fully saturated rings. The molecular weight excluding hydrogens is 412 g/mol. The Balaban J connectivity index is 1.55. The van der Waals surface area contributed by atoms with E-state index in [1.54, 1.807) is 13.2 Å². The molecule has 0 radical (unpaired) electrons. The largest absolute Gasteiger partial charge is 0.497 e. The second-order valence-corrected chi connectivity index (χ2v) is 8.03. The maximum absolute atomic E-state index is 12.6. The van der Waals surface area contributed by atoms with Gasteiger partial charge in [0, 0.05) is 41.6 Å². The lowest BCUT2D eigenvalue weighted by Crippen LogP contribution is -2.38. The van der Waals surface area contributed by atoms with Crippen LogP contribution in [0.3, 0.4) is 0 Å². The van der Waals surface area contributed by atoms with Crippen molar-refractivity contribution >= 4 is 22.7 Å². The van der Waals surface area contributed by atoms with Crippen molar-refractivity contribution in [2.45, 2.75) is 12.3 Å². The number of morpholine rings is 1. The van der Waals surface area contributed by atoms with Gasteiger partial charge in [-0.1, -0.05) is 0 Å². The highest BCUT2D eigenvalue weighted by Gasteiger charge is 2.34. The second-order valence-electron chi connectivity index (χ2n) is 8.03.